The first-order valence-corrected chi connectivity index (χ1v) is 10.3. The lowest BCUT2D eigenvalue weighted by Gasteiger charge is -2.33. The van der Waals surface area contributed by atoms with Gasteiger partial charge < -0.3 is 24.2 Å². The first kappa shape index (κ1) is 23.4. The highest BCUT2D eigenvalue weighted by molar-refractivity contribution is 5.68. The van der Waals surface area contributed by atoms with Crippen LogP contribution in [0.15, 0.2) is 42.5 Å². The molecule has 0 bridgehead atoms. The van der Waals surface area contributed by atoms with Gasteiger partial charge in [0.25, 0.3) is 0 Å². The molecule has 1 heterocycles. The molecule has 2 aromatic carbocycles. The zero-order chi connectivity index (χ0) is 23.3. The van der Waals surface area contributed by atoms with E-state index in [2.05, 4.69) is 11.8 Å². The Morgan fingerprint density at radius 2 is 1.97 bits per heavy atom. The minimum Gasteiger partial charge on any atom is -0.493 e. The van der Waals surface area contributed by atoms with Crippen molar-refractivity contribution in [3.63, 3.8) is 0 Å². The zero-order valence-corrected chi connectivity index (χ0v) is 18.7. The van der Waals surface area contributed by atoms with Crippen LogP contribution in [-0.4, -0.2) is 56.1 Å². The van der Waals surface area contributed by atoms with Crippen molar-refractivity contribution >= 4 is 6.09 Å². The Morgan fingerprint density at radius 1 is 1.25 bits per heavy atom. The minimum atomic E-state index is -0.643. The summed E-state index contributed by atoms with van der Waals surface area (Å²) >= 11 is 0. The fourth-order valence-corrected chi connectivity index (χ4v) is 4.00. The first-order chi connectivity index (χ1) is 15.3. The number of halogens is 1. The third-order valence-corrected chi connectivity index (χ3v) is 6.08. The molecule has 7 heteroatoms. The molecule has 0 radical (unpaired) electrons. The average Bonchev–Trinajstić information content (AvgIpc) is 3.16. The number of aliphatic hydroxyl groups is 1. The summed E-state index contributed by atoms with van der Waals surface area (Å²) in [5.41, 5.74) is 1.06. The number of nitrogens with zero attached hydrogens (tertiary/aromatic N) is 1. The van der Waals surface area contributed by atoms with Crippen molar-refractivity contribution in [2.45, 2.75) is 25.9 Å². The second-order valence-corrected chi connectivity index (χ2v) is 8.09. The number of aliphatic hydroxyl groups excluding tert-OH is 1. The topological polar surface area (TPSA) is 68.2 Å². The molecule has 0 saturated carbocycles. The number of methoxy groups -OCH3 is 2. The van der Waals surface area contributed by atoms with Gasteiger partial charge in [-0.15, -0.1) is 0 Å². The van der Waals surface area contributed by atoms with Crippen LogP contribution < -0.4 is 9.47 Å². The van der Waals surface area contributed by atoms with Crippen LogP contribution in [-0.2, 0) is 4.74 Å². The number of benzene rings is 2. The van der Waals surface area contributed by atoms with Crippen molar-refractivity contribution in [1.82, 2.24) is 4.90 Å². The number of hydrogen-bond acceptors (Lipinski definition) is 5. The van der Waals surface area contributed by atoms with E-state index in [9.17, 15) is 14.3 Å². The van der Waals surface area contributed by atoms with Gasteiger partial charge in [-0.25, -0.2) is 9.18 Å². The smallest absolute Gasteiger partial charge is 0.409 e. The Hall–Kier alpha value is -3.24. The van der Waals surface area contributed by atoms with Gasteiger partial charge in [0.05, 0.1) is 20.3 Å². The number of carbonyl (C=O) groups is 1. The summed E-state index contributed by atoms with van der Waals surface area (Å²) in [5, 5.41) is 10.5. The minimum absolute atomic E-state index is 0.115. The third kappa shape index (κ3) is 4.97. The van der Waals surface area contributed by atoms with E-state index in [4.69, 9.17) is 14.2 Å². The molecular formula is C25H28FNO5. The quantitative estimate of drug-likeness (QED) is 0.715. The Morgan fingerprint density at radius 3 is 2.59 bits per heavy atom. The van der Waals surface area contributed by atoms with E-state index in [1.165, 1.54) is 19.2 Å². The summed E-state index contributed by atoms with van der Waals surface area (Å²) in [6.07, 6.45) is -1.06. The van der Waals surface area contributed by atoms with Crippen LogP contribution in [0.3, 0.4) is 0 Å². The highest BCUT2D eigenvalue weighted by Gasteiger charge is 2.48. The number of ether oxygens (including phenoxy) is 3. The van der Waals surface area contributed by atoms with Crippen LogP contribution >= 0.6 is 0 Å². The molecule has 0 spiro atoms. The van der Waals surface area contributed by atoms with Crippen LogP contribution in [0.1, 0.15) is 30.9 Å². The maximum absolute atomic E-state index is 13.0. The van der Waals surface area contributed by atoms with Crippen LogP contribution in [0.5, 0.6) is 11.5 Å². The molecule has 3 rings (SSSR count). The number of likely N-dealkylation sites (tertiary alicyclic amines) is 1. The van der Waals surface area contributed by atoms with Gasteiger partial charge >= 0.3 is 6.09 Å². The molecule has 1 N–H and O–H groups in total. The Bertz CT molecular complexity index is 1010. The van der Waals surface area contributed by atoms with E-state index in [1.807, 2.05) is 19.1 Å². The lowest BCUT2D eigenvalue weighted by Crippen LogP contribution is -2.38. The molecule has 1 aliphatic rings. The molecule has 2 aromatic rings. The predicted molar refractivity (Wildman–Crippen MR) is 118 cm³/mol. The molecule has 0 aromatic heterocycles. The highest BCUT2D eigenvalue weighted by atomic mass is 19.1. The Balaban J connectivity index is 1.82. The van der Waals surface area contributed by atoms with Gasteiger partial charge in [-0.1, -0.05) is 24.8 Å². The van der Waals surface area contributed by atoms with E-state index in [0.29, 0.717) is 30.2 Å². The van der Waals surface area contributed by atoms with Gasteiger partial charge in [-0.2, -0.15) is 0 Å². The monoisotopic (exact) mass is 441 g/mol. The van der Waals surface area contributed by atoms with Crippen LogP contribution in [0.25, 0.3) is 0 Å². The summed E-state index contributed by atoms with van der Waals surface area (Å²) in [5.74, 6) is 6.48. The number of rotatable bonds is 5. The second kappa shape index (κ2) is 9.92. The van der Waals surface area contributed by atoms with Crippen molar-refractivity contribution in [3.05, 3.63) is 59.4 Å². The largest absolute Gasteiger partial charge is 0.493 e. The van der Waals surface area contributed by atoms with Crippen LogP contribution in [0.4, 0.5) is 9.18 Å². The van der Waals surface area contributed by atoms with E-state index >= 15 is 0 Å². The standard InChI is InChI=1S/C25H28FNO5/c1-17(28)25(2)16-27(24(29)31-4)15-21(25)19-9-12-22(30-3)23(14-19)32-13-5-6-18-7-10-20(26)11-8-18/h7-12,14,17,21,28H,13,15-16H2,1-4H3/t17-,21+,25+/m1/s1. The van der Waals surface area contributed by atoms with Crippen LogP contribution in [0.2, 0.25) is 0 Å². The first-order valence-electron chi connectivity index (χ1n) is 10.3. The summed E-state index contributed by atoms with van der Waals surface area (Å²) < 4.78 is 29.2. The third-order valence-electron chi connectivity index (χ3n) is 6.08. The second-order valence-electron chi connectivity index (χ2n) is 8.09. The Labute approximate surface area is 187 Å². The van der Waals surface area contributed by atoms with Gasteiger partial charge in [-0.3, -0.25) is 0 Å². The van der Waals surface area contributed by atoms with E-state index in [-0.39, 0.29) is 18.3 Å². The van der Waals surface area contributed by atoms with Crippen molar-refractivity contribution in [2.75, 3.05) is 33.9 Å². The molecular weight excluding hydrogens is 413 g/mol. The van der Waals surface area contributed by atoms with Gasteiger partial charge in [-0.05, 0) is 48.9 Å². The maximum Gasteiger partial charge on any atom is 0.409 e. The molecule has 170 valence electrons. The van der Waals surface area contributed by atoms with Crippen molar-refractivity contribution in [1.29, 1.82) is 0 Å². The molecule has 0 aliphatic carbocycles. The summed E-state index contributed by atoms with van der Waals surface area (Å²) in [4.78, 5) is 13.7. The molecule has 32 heavy (non-hydrogen) atoms. The SMILES string of the molecule is COC(=O)N1C[C@@H](c2ccc(OC)c(OCC#Cc3ccc(F)cc3)c2)[C@](C)([C@@H](C)O)C1. The van der Waals surface area contributed by atoms with E-state index in [1.54, 1.807) is 37.1 Å². The molecule has 6 nitrogen and oxygen atoms in total. The van der Waals surface area contributed by atoms with Gasteiger partial charge in [0, 0.05) is 30.0 Å². The van der Waals surface area contributed by atoms with E-state index in [0.717, 1.165) is 5.56 Å². The zero-order valence-electron chi connectivity index (χ0n) is 18.7. The molecule has 1 aliphatic heterocycles. The van der Waals surface area contributed by atoms with Gasteiger partial charge in [0.1, 0.15) is 12.4 Å². The molecule has 0 unspecified atom stereocenters. The van der Waals surface area contributed by atoms with Crippen molar-refractivity contribution in [3.8, 4) is 23.3 Å². The maximum atomic E-state index is 13.0. The van der Waals surface area contributed by atoms with Gasteiger partial charge in [0.15, 0.2) is 11.5 Å². The molecule has 1 amide bonds. The Kier molecular flexibility index (Phi) is 7.26. The lowest BCUT2D eigenvalue weighted by molar-refractivity contribution is 0.0470. The molecule has 1 saturated heterocycles. The number of amides is 1. The van der Waals surface area contributed by atoms with Crippen molar-refractivity contribution < 1.29 is 28.5 Å². The van der Waals surface area contributed by atoms with E-state index < -0.39 is 17.6 Å². The van der Waals surface area contributed by atoms with Crippen molar-refractivity contribution in [2.24, 2.45) is 5.41 Å². The fraction of sp³-hybridized carbons (Fsp3) is 0.400. The summed E-state index contributed by atoms with van der Waals surface area (Å²) in [7, 11) is 2.90. The highest BCUT2D eigenvalue weighted by Crippen LogP contribution is 2.46. The lowest BCUT2D eigenvalue weighted by atomic mass is 9.72. The molecule has 1 fully saturated rings. The fourth-order valence-electron chi connectivity index (χ4n) is 4.00. The van der Waals surface area contributed by atoms with Gasteiger partial charge in [0.2, 0.25) is 0 Å². The summed E-state index contributed by atoms with van der Waals surface area (Å²) in [6.45, 7) is 4.62. The number of hydrogen-bond donors (Lipinski definition) is 1. The number of carbonyl (C=O) groups excluding carboxylic acids is 1. The summed E-state index contributed by atoms with van der Waals surface area (Å²) in [6, 6.07) is 11.5. The average molecular weight is 441 g/mol. The predicted octanol–water partition coefficient (Wildman–Crippen LogP) is 3.82. The normalized spacial score (nSPS) is 20.8. The van der Waals surface area contributed by atoms with Crippen LogP contribution in [0, 0.1) is 23.1 Å². The molecule has 3 atom stereocenters.